The van der Waals surface area contributed by atoms with Crippen LogP contribution in [0.3, 0.4) is 0 Å². The van der Waals surface area contributed by atoms with Gasteiger partial charge in [0.05, 0.1) is 5.41 Å². The molecule has 3 rings (SSSR count). The Hall–Kier alpha value is -2.69. The molecule has 1 N–H and O–H groups in total. The van der Waals surface area contributed by atoms with Gasteiger partial charge in [-0.05, 0) is 50.3 Å². The highest BCUT2D eigenvalue weighted by atomic mass is 19.1. The average molecular weight is 439 g/mol. The van der Waals surface area contributed by atoms with Crippen LogP contribution in [0.5, 0.6) is 0 Å². The molecule has 0 spiro atoms. The zero-order valence-electron chi connectivity index (χ0n) is 19.9. The minimum absolute atomic E-state index is 0.0496. The molecule has 5 heteroatoms. The number of hydrogen-bond acceptors (Lipinski definition) is 2. The second-order valence-electron chi connectivity index (χ2n) is 10.3. The molecule has 2 aromatic rings. The van der Waals surface area contributed by atoms with Crippen molar-refractivity contribution in [1.29, 1.82) is 0 Å². The quantitative estimate of drug-likeness (QED) is 0.696. The topological polar surface area (TPSA) is 49.4 Å². The van der Waals surface area contributed by atoms with Gasteiger partial charge in [-0.2, -0.15) is 0 Å². The van der Waals surface area contributed by atoms with E-state index < -0.39 is 10.8 Å². The Labute approximate surface area is 191 Å². The van der Waals surface area contributed by atoms with Crippen LogP contribution in [0.4, 0.5) is 4.39 Å². The van der Waals surface area contributed by atoms with Crippen molar-refractivity contribution in [2.24, 2.45) is 10.8 Å². The van der Waals surface area contributed by atoms with Gasteiger partial charge >= 0.3 is 0 Å². The van der Waals surface area contributed by atoms with Crippen molar-refractivity contribution >= 4 is 11.8 Å². The van der Waals surface area contributed by atoms with Crippen LogP contribution < -0.4 is 5.32 Å². The Morgan fingerprint density at radius 1 is 1.03 bits per heavy atom. The first-order valence-corrected chi connectivity index (χ1v) is 11.5. The van der Waals surface area contributed by atoms with Gasteiger partial charge < -0.3 is 10.2 Å². The second kappa shape index (κ2) is 9.43. The number of carbonyl (C=O) groups excluding carboxylic acids is 2. The molecule has 0 saturated carbocycles. The Morgan fingerprint density at radius 2 is 1.62 bits per heavy atom. The summed E-state index contributed by atoms with van der Waals surface area (Å²) in [7, 11) is 0. The zero-order chi connectivity index (χ0) is 23.5. The van der Waals surface area contributed by atoms with Crippen LogP contribution in [0.2, 0.25) is 0 Å². The molecule has 1 heterocycles. The average Bonchev–Trinajstić information content (AvgIpc) is 2.74. The Kier molecular flexibility index (Phi) is 7.06. The number of nitrogens with zero attached hydrogens (tertiary/aromatic N) is 1. The van der Waals surface area contributed by atoms with Crippen LogP contribution >= 0.6 is 0 Å². The summed E-state index contributed by atoms with van der Waals surface area (Å²) in [6.07, 6.45) is 1.85. The second-order valence-corrected chi connectivity index (χ2v) is 10.3. The van der Waals surface area contributed by atoms with E-state index in [0.29, 0.717) is 37.9 Å². The summed E-state index contributed by atoms with van der Waals surface area (Å²) in [5.74, 6) is -0.0675. The monoisotopic (exact) mass is 438 g/mol. The molecule has 0 aliphatic carbocycles. The number of piperidine rings is 1. The first-order valence-electron chi connectivity index (χ1n) is 11.5. The van der Waals surface area contributed by atoms with Gasteiger partial charge in [0, 0.05) is 30.1 Å². The SMILES string of the molecule is CC(C)NC(=O)C1(Cc2ccc(-c3ccccc3F)cc2)CCN(C(=O)C(C)(C)C)CC1. The highest BCUT2D eigenvalue weighted by Gasteiger charge is 2.43. The molecule has 32 heavy (non-hydrogen) atoms. The molecular formula is C27H35FN2O2. The summed E-state index contributed by atoms with van der Waals surface area (Å²) in [6, 6.07) is 14.6. The normalized spacial score (nSPS) is 16.2. The molecular weight excluding hydrogens is 403 g/mol. The molecule has 4 nitrogen and oxygen atoms in total. The van der Waals surface area contributed by atoms with Crippen LogP contribution in [0.25, 0.3) is 11.1 Å². The number of amides is 2. The maximum Gasteiger partial charge on any atom is 0.227 e. The number of likely N-dealkylation sites (tertiary alicyclic amines) is 1. The maximum atomic E-state index is 14.1. The molecule has 1 saturated heterocycles. The van der Waals surface area contributed by atoms with Gasteiger partial charge in [0.25, 0.3) is 0 Å². The zero-order valence-corrected chi connectivity index (χ0v) is 19.9. The molecule has 172 valence electrons. The molecule has 0 radical (unpaired) electrons. The van der Waals surface area contributed by atoms with Gasteiger partial charge in [-0.1, -0.05) is 63.2 Å². The highest BCUT2D eigenvalue weighted by Crippen LogP contribution is 2.37. The molecule has 2 aromatic carbocycles. The van der Waals surface area contributed by atoms with Crippen molar-refractivity contribution in [1.82, 2.24) is 10.2 Å². The van der Waals surface area contributed by atoms with Crippen molar-refractivity contribution in [3.05, 3.63) is 59.9 Å². The molecule has 0 atom stereocenters. The maximum absolute atomic E-state index is 14.1. The molecule has 0 aromatic heterocycles. The van der Waals surface area contributed by atoms with Gasteiger partial charge in [-0.15, -0.1) is 0 Å². The summed E-state index contributed by atoms with van der Waals surface area (Å²) in [6.45, 7) is 10.9. The molecule has 1 aliphatic heterocycles. The molecule has 0 unspecified atom stereocenters. The minimum Gasteiger partial charge on any atom is -0.353 e. The van der Waals surface area contributed by atoms with Gasteiger partial charge in [0.15, 0.2) is 0 Å². The van der Waals surface area contributed by atoms with Crippen molar-refractivity contribution < 1.29 is 14.0 Å². The lowest BCUT2D eigenvalue weighted by Crippen LogP contribution is -2.53. The fourth-order valence-corrected chi connectivity index (χ4v) is 4.40. The lowest BCUT2D eigenvalue weighted by atomic mass is 9.72. The fourth-order valence-electron chi connectivity index (χ4n) is 4.40. The minimum atomic E-state index is -0.557. The standard InChI is InChI=1S/C27H35FN2O2/c1-19(2)29-24(31)27(14-16-30(17-15-27)25(32)26(3,4)5)18-20-10-12-21(13-11-20)22-8-6-7-9-23(22)28/h6-13,19H,14-18H2,1-5H3,(H,29,31). The smallest absolute Gasteiger partial charge is 0.227 e. The number of nitrogens with one attached hydrogen (secondary N) is 1. The van der Waals surface area contributed by atoms with Crippen molar-refractivity contribution in [3.63, 3.8) is 0 Å². The van der Waals surface area contributed by atoms with Gasteiger partial charge in [-0.25, -0.2) is 4.39 Å². The predicted octanol–water partition coefficient (Wildman–Crippen LogP) is 5.21. The lowest BCUT2D eigenvalue weighted by Gasteiger charge is -2.42. The highest BCUT2D eigenvalue weighted by molar-refractivity contribution is 5.85. The van der Waals surface area contributed by atoms with E-state index in [1.807, 2.05) is 69.9 Å². The lowest BCUT2D eigenvalue weighted by molar-refractivity contribution is -0.146. The number of benzene rings is 2. The van der Waals surface area contributed by atoms with Crippen LogP contribution in [0, 0.1) is 16.6 Å². The van der Waals surface area contributed by atoms with E-state index in [1.165, 1.54) is 6.07 Å². The van der Waals surface area contributed by atoms with E-state index in [0.717, 1.165) is 11.1 Å². The van der Waals surface area contributed by atoms with Crippen molar-refractivity contribution in [2.75, 3.05) is 13.1 Å². The molecule has 1 aliphatic rings. The van der Waals surface area contributed by atoms with Crippen molar-refractivity contribution in [2.45, 2.75) is 59.9 Å². The first-order chi connectivity index (χ1) is 15.0. The summed E-state index contributed by atoms with van der Waals surface area (Å²) in [4.78, 5) is 27.9. The summed E-state index contributed by atoms with van der Waals surface area (Å²) in [5, 5.41) is 3.10. The van der Waals surface area contributed by atoms with E-state index in [9.17, 15) is 14.0 Å². The number of carbonyl (C=O) groups is 2. The number of rotatable bonds is 5. The third-order valence-electron chi connectivity index (χ3n) is 6.23. The first kappa shape index (κ1) is 24.0. The molecule has 1 fully saturated rings. The van der Waals surface area contributed by atoms with Crippen LogP contribution in [-0.4, -0.2) is 35.8 Å². The Bertz CT molecular complexity index is 952. The van der Waals surface area contributed by atoms with Gasteiger partial charge in [0.2, 0.25) is 11.8 Å². The largest absolute Gasteiger partial charge is 0.353 e. The number of hydrogen-bond donors (Lipinski definition) is 1. The summed E-state index contributed by atoms with van der Waals surface area (Å²) < 4.78 is 14.1. The Balaban J connectivity index is 1.81. The van der Waals surface area contributed by atoms with E-state index >= 15 is 0 Å². The third-order valence-corrected chi connectivity index (χ3v) is 6.23. The fraction of sp³-hybridized carbons (Fsp3) is 0.481. The van der Waals surface area contributed by atoms with Gasteiger partial charge in [-0.3, -0.25) is 9.59 Å². The number of halogens is 1. The van der Waals surface area contributed by atoms with Crippen LogP contribution in [0.15, 0.2) is 48.5 Å². The van der Waals surface area contributed by atoms with Crippen molar-refractivity contribution in [3.8, 4) is 11.1 Å². The van der Waals surface area contributed by atoms with E-state index in [1.54, 1.807) is 12.1 Å². The van der Waals surface area contributed by atoms with Gasteiger partial charge in [0.1, 0.15) is 5.82 Å². The third kappa shape index (κ3) is 5.37. The van der Waals surface area contributed by atoms with E-state index in [-0.39, 0.29) is 23.7 Å². The van der Waals surface area contributed by atoms with Crippen LogP contribution in [-0.2, 0) is 16.0 Å². The summed E-state index contributed by atoms with van der Waals surface area (Å²) >= 11 is 0. The molecule has 2 amide bonds. The Morgan fingerprint density at radius 3 is 2.16 bits per heavy atom. The van der Waals surface area contributed by atoms with E-state index in [4.69, 9.17) is 0 Å². The van der Waals surface area contributed by atoms with Crippen LogP contribution in [0.1, 0.15) is 53.0 Å². The molecule has 0 bridgehead atoms. The predicted molar refractivity (Wildman–Crippen MR) is 127 cm³/mol. The summed E-state index contributed by atoms with van der Waals surface area (Å²) in [5.41, 5.74) is 1.44. The van der Waals surface area contributed by atoms with E-state index in [2.05, 4.69) is 5.32 Å².